The van der Waals surface area contributed by atoms with Crippen LogP contribution in [0.1, 0.15) is 32.6 Å². The number of hydrogen-bond donors (Lipinski definition) is 2. The van der Waals surface area contributed by atoms with Gasteiger partial charge >= 0.3 is 5.97 Å². The second-order valence-corrected chi connectivity index (χ2v) is 4.28. The molecule has 0 amide bonds. The molecule has 2 N–H and O–H groups in total. The van der Waals surface area contributed by atoms with Gasteiger partial charge in [-0.05, 0) is 32.1 Å². The molecule has 2 fully saturated rings. The average Bonchev–Trinajstić information content (AvgIpc) is 2.41. The number of carboxylic acid groups (broad SMARTS) is 1. The van der Waals surface area contributed by atoms with Gasteiger partial charge in [0.2, 0.25) is 0 Å². The van der Waals surface area contributed by atoms with E-state index in [9.17, 15) is 4.79 Å². The normalized spacial score (nSPS) is 46.1. The molecule has 1 aliphatic carbocycles. The van der Waals surface area contributed by atoms with Crippen molar-refractivity contribution in [3.8, 4) is 0 Å². The zero-order chi connectivity index (χ0) is 8.77. The van der Waals surface area contributed by atoms with Gasteiger partial charge in [-0.1, -0.05) is 6.42 Å². The third kappa shape index (κ3) is 1.04. The van der Waals surface area contributed by atoms with Gasteiger partial charge in [0.1, 0.15) is 6.04 Å². The molecule has 0 radical (unpaired) electrons. The molecule has 3 atom stereocenters. The van der Waals surface area contributed by atoms with Crippen molar-refractivity contribution in [1.29, 1.82) is 0 Å². The van der Waals surface area contributed by atoms with Crippen molar-refractivity contribution >= 4 is 5.97 Å². The summed E-state index contributed by atoms with van der Waals surface area (Å²) in [6.45, 7) is 2.16. The number of aliphatic carboxylic acids is 1. The second kappa shape index (κ2) is 2.46. The van der Waals surface area contributed by atoms with E-state index in [1.807, 2.05) is 0 Å². The molecule has 1 unspecified atom stereocenters. The van der Waals surface area contributed by atoms with Crippen molar-refractivity contribution in [2.75, 3.05) is 0 Å². The van der Waals surface area contributed by atoms with E-state index in [1.54, 1.807) is 0 Å². The van der Waals surface area contributed by atoms with Crippen molar-refractivity contribution in [1.82, 2.24) is 5.32 Å². The quantitative estimate of drug-likeness (QED) is 0.615. The Hall–Kier alpha value is -0.570. The Bertz CT molecular complexity index is 217. The highest BCUT2D eigenvalue weighted by Crippen LogP contribution is 2.43. The molecule has 1 saturated carbocycles. The summed E-state index contributed by atoms with van der Waals surface area (Å²) >= 11 is 0. The molecule has 0 bridgehead atoms. The summed E-state index contributed by atoms with van der Waals surface area (Å²) in [6, 6.07) is -0.291. The van der Waals surface area contributed by atoms with Gasteiger partial charge in [-0.25, -0.2) is 0 Å². The largest absolute Gasteiger partial charge is 0.480 e. The van der Waals surface area contributed by atoms with Crippen LogP contribution in [-0.4, -0.2) is 22.7 Å². The SMILES string of the molecule is C[C@]12CCC[C@H]1CC(C(=O)O)N2. The average molecular weight is 169 g/mol. The Kier molecular flexibility index (Phi) is 1.65. The summed E-state index contributed by atoms with van der Waals surface area (Å²) in [5, 5.41) is 12.0. The summed E-state index contributed by atoms with van der Waals surface area (Å²) in [4.78, 5) is 10.7. The molecule has 1 saturated heterocycles. The maximum absolute atomic E-state index is 10.7. The predicted octanol–water partition coefficient (Wildman–Crippen LogP) is 0.992. The lowest BCUT2D eigenvalue weighted by Gasteiger charge is -2.24. The highest BCUT2D eigenvalue weighted by atomic mass is 16.4. The highest BCUT2D eigenvalue weighted by molar-refractivity contribution is 5.74. The molecule has 1 heterocycles. The van der Waals surface area contributed by atoms with Gasteiger partial charge in [0.15, 0.2) is 0 Å². The third-order valence-electron chi connectivity index (χ3n) is 3.47. The highest BCUT2D eigenvalue weighted by Gasteiger charge is 2.48. The van der Waals surface area contributed by atoms with E-state index in [0.717, 1.165) is 12.8 Å². The number of hydrogen-bond acceptors (Lipinski definition) is 2. The van der Waals surface area contributed by atoms with Crippen LogP contribution in [-0.2, 0) is 4.79 Å². The molecule has 2 rings (SSSR count). The van der Waals surface area contributed by atoms with Gasteiger partial charge in [0.25, 0.3) is 0 Å². The van der Waals surface area contributed by atoms with Gasteiger partial charge in [-0.2, -0.15) is 0 Å². The lowest BCUT2D eigenvalue weighted by Crippen LogP contribution is -2.43. The summed E-state index contributed by atoms with van der Waals surface area (Å²) in [6.07, 6.45) is 4.42. The van der Waals surface area contributed by atoms with Gasteiger partial charge in [-0.3, -0.25) is 10.1 Å². The van der Waals surface area contributed by atoms with Crippen molar-refractivity contribution in [3.63, 3.8) is 0 Å². The van der Waals surface area contributed by atoms with Crippen molar-refractivity contribution in [2.45, 2.75) is 44.2 Å². The van der Waals surface area contributed by atoms with Gasteiger partial charge < -0.3 is 5.11 Å². The van der Waals surface area contributed by atoms with Gasteiger partial charge in [-0.15, -0.1) is 0 Å². The second-order valence-electron chi connectivity index (χ2n) is 4.28. The van der Waals surface area contributed by atoms with Crippen LogP contribution in [0, 0.1) is 5.92 Å². The Labute approximate surface area is 72.2 Å². The summed E-state index contributed by atoms with van der Waals surface area (Å²) in [7, 11) is 0. The van der Waals surface area contributed by atoms with E-state index in [1.165, 1.54) is 12.8 Å². The monoisotopic (exact) mass is 169 g/mol. The van der Waals surface area contributed by atoms with E-state index in [-0.39, 0.29) is 11.6 Å². The molecule has 1 aliphatic heterocycles. The molecular formula is C9H15NO2. The number of nitrogens with one attached hydrogen (secondary N) is 1. The number of fused-ring (bicyclic) bond motifs is 1. The van der Waals surface area contributed by atoms with Crippen LogP contribution in [0.5, 0.6) is 0 Å². The molecule has 3 heteroatoms. The standard InChI is InChI=1S/C9H15NO2/c1-9-4-2-3-6(9)5-7(10-9)8(11)12/h6-7,10H,2-5H2,1H3,(H,11,12)/t6-,7?,9-/m0/s1. The lowest BCUT2D eigenvalue weighted by atomic mass is 9.91. The Morgan fingerprint density at radius 1 is 1.67 bits per heavy atom. The molecule has 0 spiro atoms. The first-order valence-corrected chi connectivity index (χ1v) is 4.62. The minimum absolute atomic E-state index is 0.128. The first kappa shape index (κ1) is 8.05. The van der Waals surface area contributed by atoms with E-state index in [2.05, 4.69) is 12.2 Å². The number of carbonyl (C=O) groups is 1. The molecule has 0 aromatic heterocycles. The Balaban J connectivity index is 2.11. The fourth-order valence-electron chi connectivity index (χ4n) is 2.71. The molecule has 0 aromatic carbocycles. The molecule has 2 aliphatic rings. The van der Waals surface area contributed by atoms with Crippen LogP contribution in [0.2, 0.25) is 0 Å². The maximum Gasteiger partial charge on any atom is 0.320 e. The van der Waals surface area contributed by atoms with E-state index < -0.39 is 5.97 Å². The van der Waals surface area contributed by atoms with Crippen LogP contribution in [0.25, 0.3) is 0 Å². The zero-order valence-electron chi connectivity index (χ0n) is 7.34. The van der Waals surface area contributed by atoms with Crippen LogP contribution in [0.15, 0.2) is 0 Å². The smallest absolute Gasteiger partial charge is 0.320 e. The number of carboxylic acids is 1. The summed E-state index contributed by atoms with van der Waals surface area (Å²) in [5.74, 6) is -0.0933. The number of rotatable bonds is 1. The van der Waals surface area contributed by atoms with Crippen molar-refractivity contribution in [3.05, 3.63) is 0 Å². The van der Waals surface area contributed by atoms with E-state index in [4.69, 9.17) is 5.11 Å². The van der Waals surface area contributed by atoms with Crippen LogP contribution < -0.4 is 5.32 Å². The maximum atomic E-state index is 10.7. The van der Waals surface area contributed by atoms with Gasteiger partial charge in [0, 0.05) is 5.54 Å². The topological polar surface area (TPSA) is 49.3 Å². The van der Waals surface area contributed by atoms with Crippen LogP contribution in [0.3, 0.4) is 0 Å². The lowest BCUT2D eigenvalue weighted by molar-refractivity contribution is -0.139. The van der Waals surface area contributed by atoms with Crippen LogP contribution in [0.4, 0.5) is 0 Å². The molecule has 12 heavy (non-hydrogen) atoms. The minimum Gasteiger partial charge on any atom is -0.480 e. The Morgan fingerprint density at radius 2 is 2.42 bits per heavy atom. The molecular weight excluding hydrogens is 154 g/mol. The summed E-state index contributed by atoms with van der Waals surface area (Å²) < 4.78 is 0. The minimum atomic E-state index is -0.689. The van der Waals surface area contributed by atoms with E-state index >= 15 is 0 Å². The zero-order valence-corrected chi connectivity index (χ0v) is 7.34. The van der Waals surface area contributed by atoms with Crippen molar-refractivity contribution < 1.29 is 9.90 Å². The van der Waals surface area contributed by atoms with E-state index in [0.29, 0.717) is 5.92 Å². The fraction of sp³-hybridized carbons (Fsp3) is 0.889. The van der Waals surface area contributed by atoms with Gasteiger partial charge in [0.05, 0.1) is 0 Å². The molecule has 0 aromatic rings. The van der Waals surface area contributed by atoms with Crippen molar-refractivity contribution in [2.24, 2.45) is 5.92 Å². The molecule has 3 nitrogen and oxygen atoms in total. The van der Waals surface area contributed by atoms with Crippen LogP contribution >= 0.6 is 0 Å². The fourth-order valence-corrected chi connectivity index (χ4v) is 2.71. The summed E-state index contributed by atoms with van der Waals surface area (Å²) in [5.41, 5.74) is 0.128. The predicted molar refractivity (Wildman–Crippen MR) is 44.9 cm³/mol. The first-order valence-electron chi connectivity index (χ1n) is 4.62. The third-order valence-corrected chi connectivity index (χ3v) is 3.47. The Morgan fingerprint density at radius 3 is 3.00 bits per heavy atom. The molecule has 68 valence electrons. The first-order chi connectivity index (χ1) is 5.62.